The van der Waals surface area contributed by atoms with Gasteiger partial charge in [0.05, 0.1) is 7.11 Å². The number of amides is 1. The van der Waals surface area contributed by atoms with Crippen LogP contribution in [0.4, 0.5) is 0 Å². The molecule has 4 rings (SSSR count). The quantitative estimate of drug-likeness (QED) is 0.902. The molecule has 1 heterocycles. The molecule has 0 spiro atoms. The van der Waals surface area contributed by atoms with Gasteiger partial charge < -0.3 is 10.1 Å². The Hall–Kier alpha value is -2.26. The molecule has 1 aliphatic heterocycles. The predicted octanol–water partition coefficient (Wildman–Crippen LogP) is 4.12. The lowest BCUT2D eigenvalue weighted by Crippen LogP contribution is -2.26. The van der Waals surface area contributed by atoms with Crippen molar-refractivity contribution in [1.82, 2.24) is 5.32 Å². The predicted molar refractivity (Wildman–Crippen MR) is 90.6 cm³/mol. The van der Waals surface area contributed by atoms with Crippen LogP contribution in [0.15, 0.2) is 48.0 Å². The SMILES string of the molecule is COc1ccc2c(c1)C(c1ccc(Cl)cc1)C1=C2NC(=O)CC1. The van der Waals surface area contributed by atoms with Gasteiger partial charge in [0.2, 0.25) is 5.91 Å². The summed E-state index contributed by atoms with van der Waals surface area (Å²) in [4.78, 5) is 11.8. The van der Waals surface area contributed by atoms with E-state index in [0.717, 1.165) is 28.5 Å². The van der Waals surface area contributed by atoms with E-state index in [1.54, 1.807) is 7.11 Å². The molecule has 2 aliphatic rings. The first-order valence-electron chi connectivity index (χ1n) is 7.64. The van der Waals surface area contributed by atoms with E-state index in [1.807, 2.05) is 24.3 Å². The molecule has 0 saturated carbocycles. The van der Waals surface area contributed by atoms with Gasteiger partial charge >= 0.3 is 0 Å². The second-order valence-electron chi connectivity index (χ2n) is 5.89. The van der Waals surface area contributed by atoms with E-state index in [0.29, 0.717) is 6.42 Å². The number of carbonyl (C=O) groups excluding carboxylic acids is 1. The summed E-state index contributed by atoms with van der Waals surface area (Å²) in [5.41, 5.74) is 5.70. The van der Waals surface area contributed by atoms with Gasteiger partial charge in [-0.15, -0.1) is 0 Å². The van der Waals surface area contributed by atoms with E-state index in [-0.39, 0.29) is 11.8 Å². The summed E-state index contributed by atoms with van der Waals surface area (Å²) < 4.78 is 5.39. The van der Waals surface area contributed by atoms with Crippen molar-refractivity contribution in [2.45, 2.75) is 18.8 Å². The van der Waals surface area contributed by atoms with Crippen molar-refractivity contribution in [3.8, 4) is 5.75 Å². The van der Waals surface area contributed by atoms with Gasteiger partial charge in [0, 0.05) is 28.6 Å². The van der Waals surface area contributed by atoms with Gasteiger partial charge in [-0.25, -0.2) is 0 Å². The van der Waals surface area contributed by atoms with Crippen LogP contribution < -0.4 is 10.1 Å². The summed E-state index contributed by atoms with van der Waals surface area (Å²) in [5.74, 6) is 1.06. The molecule has 1 atom stereocenters. The van der Waals surface area contributed by atoms with Crippen molar-refractivity contribution in [3.05, 3.63) is 69.8 Å². The molecule has 116 valence electrons. The summed E-state index contributed by atoms with van der Waals surface area (Å²) in [6.07, 6.45) is 1.32. The van der Waals surface area contributed by atoms with Crippen molar-refractivity contribution in [3.63, 3.8) is 0 Å². The number of carbonyl (C=O) groups is 1. The molecule has 1 aliphatic carbocycles. The van der Waals surface area contributed by atoms with Crippen LogP contribution in [-0.2, 0) is 4.79 Å². The molecule has 3 nitrogen and oxygen atoms in total. The fourth-order valence-electron chi connectivity index (χ4n) is 3.54. The Labute approximate surface area is 139 Å². The number of ether oxygens (including phenoxy) is 1. The van der Waals surface area contributed by atoms with Gasteiger partial charge in [-0.05, 0) is 53.5 Å². The van der Waals surface area contributed by atoms with Crippen LogP contribution in [0.3, 0.4) is 0 Å². The van der Waals surface area contributed by atoms with E-state index in [2.05, 4.69) is 23.5 Å². The second kappa shape index (κ2) is 5.43. The van der Waals surface area contributed by atoms with Gasteiger partial charge in [-0.1, -0.05) is 23.7 Å². The van der Waals surface area contributed by atoms with E-state index in [4.69, 9.17) is 16.3 Å². The molecule has 0 saturated heterocycles. The maximum Gasteiger partial charge on any atom is 0.224 e. The molecule has 1 N–H and O–H groups in total. The Morgan fingerprint density at radius 2 is 1.91 bits per heavy atom. The highest BCUT2D eigenvalue weighted by atomic mass is 35.5. The van der Waals surface area contributed by atoms with Crippen LogP contribution in [0.25, 0.3) is 5.70 Å². The molecular formula is C19H16ClNO2. The summed E-state index contributed by atoms with van der Waals surface area (Å²) in [6, 6.07) is 14.0. The van der Waals surface area contributed by atoms with E-state index in [9.17, 15) is 4.79 Å². The van der Waals surface area contributed by atoms with Gasteiger partial charge in [-0.2, -0.15) is 0 Å². The standard InChI is InChI=1S/C19H16ClNO2/c1-23-13-6-7-14-16(10-13)18(11-2-4-12(20)5-3-11)15-8-9-17(22)21-19(14)15/h2-7,10,18H,8-9H2,1H3,(H,21,22). The van der Waals surface area contributed by atoms with Crippen LogP contribution in [0.2, 0.25) is 5.02 Å². The number of halogens is 1. The number of hydrogen-bond donors (Lipinski definition) is 1. The molecule has 4 heteroatoms. The minimum absolute atomic E-state index is 0.0854. The van der Waals surface area contributed by atoms with Crippen molar-refractivity contribution in [2.24, 2.45) is 0 Å². The lowest BCUT2D eigenvalue weighted by Gasteiger charge is -2.21. The molecule has 0 aromatic heterocycles. The first-order valence-corrected chi connectivity index (χ1v) is 8.02. The van der Waals surface area contributed by atoms with Crippen molar-refractivity contribution < 1.29 is 9.53 Å². The zero-order valence-corrected chi connectivity index (χ0v) is 13.5. The van der Waals surface area contributed by atoms with Gasteiger partial charge in [0.15, 0.2) is 0 Å². The van der Waals surface area contributed by atoms with Crippen molar-refractivity contribution in [2.75, 3.05) is 7.11 Å². The Balaban J connectivity index is 1.90. The number of fused-ring (bicyclic) bond motifs is 2. The minimum atomic E-state index is 0.0854. The molecule has 0 fully saturated rings. The van der Waals surface area contributed by atoms with Gasteiger partial charge in [-0.3, -0.25) is 4.79 Å². The molecule has 1 unspecified atom stereocenters. The molecule has 23 heavy (non-hydrogen) atoms. The number of nitrogens with one attached hydrogen (secondary N) is 1. The lowest BCUT2D eigenvalue weighted by atomic mass is 9.86. The Kier molecular flexibility index (Phi) is 3.38. The van der Waals surface area contributed by atoms with Gasteiger partial charge in [0.25, 0.3) is 0 Å². The number of rotatable bonds is 2. The normalized spacial score (nSPS) is 19.2. The van der Waals surface area contributed by atoms with Crippen molar-refractivity contribution in [1.29, 1.82) is 0 Å². The minimum Gasteiger partial charge on any atom is -0.497 e. The number of allylic oxidation sites excluding steroid dienone is 1. The van der Waals surface area contributed by atoms with Crippen molar-refractivity contribution >= 4 is 23.2 Å². The molecule has 2 aromatic rings. The Bertz CT molecular complexity index is 824. The third-order valence-electron chi connectivity index (χ3n) is 4.60. The average Bonchev–Trinajstić information content (AvgIpc) is 2.88. The van der Waals surface area contributed by atoms with Crippen LogP contribution >= 0.6 is 11.6 Å². The summed E-state index contributed by atoms with van der Waals surface area (Å²) in [5, 5.41) is 3.78. The summed E-state index contributed by atoms with van der Waals surface area (Å²) in [7, 11) is 1.67. The highest BCUT2D eigenvalue weighted by Crippen LogP contribution is 2.48. The Morgan fingerprint density at radius 1 is 1.13 bits per heavy atom. The van der Waals surface area contributed by atoms with Gasteiger partial charge in [0.1, 0.15) is 5.75 Å². The van der Waals surface area contributed by atoms with E-state index < -0.39 is 0 Å². The number of methoxy groups -OCH3 is 1. The molecule has 1 amide bonds. The largest absolute Gasteiger partial charge is 0.497 e. The first-order chi connectivity index (χ1) is 11.2. The smallest absolute Gasteiger partial charge is 0.224 e. The van der Waals surface area contributed by atoms with Crippen LogP contribution in [0.1, 0.15) is 35.4 Å². The maximum atomic E-state index is 11.8. The third kappa shape index (κ3) is 2.32. The first kappa shape index (κ1) is 14.3. The third-order valence-corrected chi connectivity index (χ3v) is 4.85. The fraction of sp³-hybridized carbons (Fsp3) is 0.211. The fourth-order valence-corrected chi connectivity index (χ4v) is 3.67. The van der Waals surface area contributed by atoms with Crippen LogP contribution in [-0.4, -0.2) is 13.0 Å². The van der Waals surface area contributed by atoms with Crippen LogP contribution in [0, 0.1) is 0 Å². The van der Waals surface area contributed by atoms with E-state index in [1.165, 1.54) is 16.7 Å². The number of benzene rings is 2. The highest BCUT2D eigenvalue weighted by Gasteiger charge is 2.35. The lowest BCUT2D eigenvalue weighted by molar-refractivity contribution is -0.120. The monoisotopic (exact) mass is 325 g/mol. The zero-order chi connectivity index (χ0) is 16.0. The number of hydrogen-bond acceptors (Lipinski definition) is 2. The average molecular weight is 326 g/mol. The molecule has 0 radical (unpaired) electrons. The zero-order valence-electron chi connectivity index (χ0n) is 12.7. The van der Waals surface area contributed by atoms with E-state index >= 15 is 0 Å². The highest BCUT2D eigenvalue weighted by molar-refractivity contribution is 6.30. The maximum absolute atomic E-state index is 11.8. The summed E-state index contributed by atoms with van der Waals surface area (Å²) in [6.45, 7) is 0. The molecular weight excluding hydrogens is 310 g/mol. The van der Waals surface area contributed by atoms with Crippen LogP contribution in [0.5, 0.6) is 5.75 Å². The Morgan fingerprint density at radius 3 is 2.65 bits per heavy atom. The second-order valence-corrected chi connectivity index (χ2v) is 6.32. The topological polar surface area (TPSA) is 38.3 Å². The summed E-state index contributed by atoms with van der Waals surface area (Å²) >= 11 is 6.03. The molecule has 2 aromatic carbocycles. The molecule has 0 bridgehead atoms.